The number of aliphatic carboxylic acids is 1. The third-order valence-electron chi connectivity index (χ3n) is 2.90. The molecule has 1 aliphatic carbocycles. The predicted octanol–water partition coefficient (Wildman–Crippen LogP) is 2.36. The summed E-state index contributed by atoms with van der Waals surface area (Å²) in [6, 6.07) is 6.22. The SMILES string of the molecule is Cc1ccc([C@]2(C(=O)O)CC2(F)F)cc1. The highest BCUT2D eigenvalue weighted by Crippen LogP contribution is 2.61. The lowest BCUT2D eigenvalue weighted by molar-refractivity contribution is -0.142. The van der Waals surface area contributed by atoms with E-state index in [2.05, 4.69) is 0 Å². The third kappa shape index (κ3) is 1.24. The molecule has 4 heteroatoms. The Morgan fingerprint density at radius 2 is 1.80 bits per heavy atom. The first-order valence-electron chi connectivity index (χ1n) is 4.58. The summed E-state index contributed by atoms with van der Waals surface area (Å²) in [5.41, 5.74) is -0.880. The van der Waals surface area contributed by atoms with Crippen LogP contribution in [0.1, 0.15) is 17.5 Å². The van der Waals surface area contributed by atoms with Gasteiger partial charge in [0.05, 0.1) is 0 Å². The first kappa shape index (κ1) is 10.1. The zero-order chi connectivity index (χ0) is 11.3. The Kier molecular flexibility index (Phi) is 1.87. The summed E-state index contributed by atoms with van der Waals surface area (Å²) < 4.78 is 26.2. The molecule has 0 unspecified atom stereocenters. The smallest absolute Gasteiger partial charge is 0.320 e. The molecule has 80 valence electrons. The van der Waals surface area contributed by atoms with E-state index in [1.807, 2.05) is 6.92 Å². The maximum atomic E-state index is 13.1. The van der Waals surface area contributed by atoms with E-state index in [1.54, 1.807) is 12.1 Å². The van der Waals surface area contributed by atoms with E-state index in [1.165, 1.54) is 12.1 Å². The van der Waals surface area contributed by atoms with Gasteiger partial charge in [-0.25, -0.2) is 8.78 Å². The fraction of sp³-hybridized carbons (Fsp3) is 0.364. The van der Waals surface area contributed by atoms with Crippen LogP contribution >= 0.6 is 0 Å². The van der Waals surface area contributed by atoms with Gasteiger partial charge in [0.25, 0.3) is 5.92 Å². The van der Waals surface area contributed by atoms with Crippen LogP contribution in [0.4, 0.5) is 8.78 Å². The van der Waals surface area contributed by atoms with E-state index in [0.29, 0.717) is 0 Å². The van der Waals surface area contributed by atoms with Crippen LogP contribution in [0.25, 0.3) is 0 Å². The Labute approximate surface area is 85.5 Å². The monoisotopic (exact) mass is 212 g/mol. The molecule has 1 aromatic rings. The summed E-state index contributed by atoms with van der Waals surface area (Å²) in [5.74, 6) is -4.56. The van der Waals surface area contributed by atoms with Crippen molar-refractivity contribution in [3.05, 3.63) is 35.4 Å². The molecule has 0 spiro atoms. The molecule has 1 atom stereocenters. The number of carboxylic acid groups (broad SMARTS) is 1. The molecule has 0 aliphatic heterocycles. The topological polar surface area (TPSA) is 37.3 Å². The van der Waals surface area contributed by atoms with E-state index >= 15 is 0 Å². The van der Waals surface area contributed by atoms with Crippen LogP contribution in [-0.4, -0.2) is 17.0 Å². The summed E-state index contributed by atoms with van der Waals surface area (Å²) >= 11 is 0. The van der Waals surface area contributed by atoms with Crippen molar-refractivity contribution in [3.8, 4) is 0 Å². The summed E-state index contributed by atoms with van der Waals surface area (Å²) in [6.07, 6.45) is -0.599. The van der Waals surface area contributed by atoms with Gasteiger partial charge in [-0.15, -0.1) is 0 Å². The zero-order valence-corrected chi connectivity index (χ0v) is 8.13. The molecule has 1 N–H and O–H groups in total. The zero-order valence-electron chi connectivity index (χ0n) is 8.13. The number of aryl methyl sites for hydroxylation is 1. The van der Waals surface area contributed by atoms with Gasteiger partial charge in [-0.3, -0.25) is 4.79 Å². The van der Waals surface area contributed by atoms with Gasteiger partial charge >= 0.3 is 5.97 Å². The minimum absolute atomic E-state index is 0.186. The average molecular weight is 212 g/mol. The van der Waals surface area contributed by atoms with Crippen molar-refractivity contribution < 1.29 is 18.7 Å². The lowest BCUT2D eigenvalue weighted by Gasteiger charge is -2.11. The Balaban J connectivity index is 2.45. The summed E-state index contributed by atoms with van der Waals surface area (Å²) in [7, 11) is 0. The summed E-state index contributed by atoms with van der Waals surface area (Å²) in [5, 5.41) is 8.88. The maximum absolute atomic E-state index is 13.1. The average Bonchev–Trinajstić information content (AvgIpc) is 2.72. The summed E-state index contributed by atoms with van der Waals surface area (Å²) in [6.45, 7) is 1.82. The highest BCUT2D eigenvalue weighted by Gasteiger charge is 2.77. The van der Waals surface area contributed by atoms with Crippen LogP contribution in [0.5, 0.6) is 0 Å². The lowest BCUT2D eigenvalue weighted by atomic mass is 9.94. The standard InChI is InChI=1S/C11H10F2O2/c1-7-2-4-8(5-3-7)10(9(14)15)6-11(10,12)13/h2-5H,6H2,1H3,(H,14,15)/t10-/m0/s1. The molecule has 1 aliphatic rings. The Bertz CT molecular complexity index is 411. The first-order valence-corrected chi connectivity index (χ1v) is 4.58. The number of carbonyl (C=O) groups is 1. The first-order chi connectivity index (χ1) is 6.90. The molecule has 1 fully saturated rings. The molecule has 0 radical (unpaired) electrons. The minimum Gasteiger partial charge on any atom is -0.480 e. The lowest BCUT2D eigenvalue weighted by Crippen LogP contribution is -2.26. The van der Waals surface area contributed by atoms with Gasteiger partial charge in [0.1, 0.15) is 0 Å². The van der Waals surface area contributed by atoms with E-state index in [-0.39, 0.29) is 5.56 Å². The molecule has 0 amide bonds. The molecule has 0 aromatic heterocycles. The quantitative estimate of drug-likeness (QED) is 0.817. The van der Waals surface area contributed by atoms with E-state index < -0.39 is 23.7 Å². The Morgan fingerprint density at radius 3 is 2.13 bits per heavy atom. The molecule has 2 rings (SSSR count). The largest absolute Gasteiger partial charge is 0.480 e. The number of alkyl halides is 2. The number of carboxylic acids is 1. The minimum atomic E-state index is -3.12. The molecular weight excluding hydrogens is 202 g/mol. The van der Waals surface area contributed by atoms with Crippen LogP contribution in [0, 0.1) is 6.92 Å². The van der Waals surface area contributed by atoms with Crippen molar-refractivity contribution in [2.45, 2.75) is 24.7 Å². The highest BCUT2D eigenvalue weighted by molar-refractivity contribution is 5.87. The van der Waals surface area contributed by atoms with Gasteiger partial charge in [-0.1, -0.05) is 29.8 Å². The van der Waals surface area contributed by atoms with Crippen LogP contribution in [0.3, 0.4) is 0 Å². The molecule has 0 bridgehead atoms. The summed E-state index contributed by atoms with van der Waals surface area (Å²) in [4.78, 5) is 10.9. The van der Waals surface area contributed by atoms with Crippen LogP contribution in [-0.2, 0) is 10.2 Å². The van der Waals surface area contributed by atoms with E-state index in [0.717, 1.165) is 5.56 Å². The van der Waals surface area contributed by atoms with Gasteiger partial charge in [0, 0.05) is 6.42 Å². The molecule has 0 saturated heterocycles. The van der Waals surface area contributed by atoms with Crippen molar-refractivity contribution in [2.75, 3.05) is 0 Å². The number of hydrogen-bond donors (Lipinski definition) is 1. The van der Waals surface area contributed by atoms with Crippen LogP contribution in [0.2, 0.25) is 0 Å². The van der Waals surface area contributed by atoms with Gasteiger partial charge in [-0.05, 0) is 12.5 Å². The highest BCUT2D eigenvalue weighted by atomic mass is 19.3. The van der Waals surface area contributed by atoms with E-state index in [9.17, 15) is 13.6 Å². The fourth-order valence-corrected chi connectivity index (χ4v) is 1.80. The van der Waals surface area contributed by atoms with Gasteiger partial charge in [0.2, 0.25) is 0 Å². The second-order valence-electron chi connectivity index (χ2n) is 3.96. The third-order valence-corrected chi connectivity index (χ3v) is 2.90. The number of rotatable bonds is 2. The molecule has 15 heavy (non-hydrogen) atoms. The number of hydrogen-bond acceptors (Lipinski definition) is 1. The molecule has 1 aromatic carbocycles. The van der Waals surface area contributed by atoms with Gasteiger partial charge in [-0.2, -0.15) is 0 Å². The molecule has 0 heterocycles. The van der Waals surface area contributed by atoms with Gasteiger partial charge < -0.3 is 5.11 Å². The Hall–Kier alpha value is -1.45. The maximum Gasteiger partial charge on any atom is 0.320 e. The normalized spacial score (nSPS) is 27.4. The van der Waals surface area contributed by atoms with Gasteiger partial charge in [0.15, 0.2) is 5.41 Å². The van der Waals surface area contributed by atoms with Crippen molar-refractivity contribution in [1.82, 2.24) is 0 Å². The van der Waals surface area contributed by atoms with Crippen molar-refractivity contribution >= 4 is 5.97 Å². The molecule has 1 saturated carbocycles. The molecular formula is C11H10F2O2. The predicted molar refractivity (Wildman–Crippen MR) is 50.1 cm³/mol. The van der Waals surface area contributed by atoms with Crippen molar-refractivity contribution in [2.24, 2.45) is 0 Å². The second kappa shape index (κ2) is 2.78. The number of halogens is 2. The molecule has 2 nitrogen and oxygen atoms in total. The van der Waals surface area contributed by atoms with Crippen molar-refractivity contribution in [1.29, 1.82) is 0 Å². The second-order valence-corrected chi connectivity index (χ2v) is 3.96. The van der Waals surface area contributed by atoms with Crippen molar-refractivity contribution in [3.63, 3.8) is 0 Å². The van der Waals surface area contributed by atoms with Crippen LogP contribution in [0.15, 0.2) is 24.3 Å². The number of benzene rings is 1. The van der Waals surface area contributed by atoms with E-state index in [4.69, 9.17) is 5.11 Å². The fourth-order valence-electron chi connectivity index (χ4n) is 1.80. The van der Waals surface area contributed by atoms with Crippen LogP contribution < -0.4 is 0 Å². The Morgan fingerprint density at radius 1 is 1.33 bits per heavy atom.